The Morgan fingerprint density at radius 1 is 0.879 bits per heavy atom. The molecule has 2 aromatic rings. The lowest BCUT2D eigenvalue weighted by atomic mass is 9.78. The fourth-order valence-electron chi connectivity index (χ4n) is 4.76. The van der Waals surface area contributed by atoms with Gasteiger partial charge in [-0.05, 0) is 42.4 Å². The Morgan fingerprint density at radius 3 is 2.06 bits per heavy atom. The molecule has 0 N–H and O–H groups in total. The highest BCUT2D eigenvalue weighted by Gasteiger charge is 2.45. The Morgan fingerprint density at radius 2 is 1.48 bits per heavy atom. The molecule has 33 heavy (non-hydrogen) atoms. The molecule has 0 saturated carbocycles. The number of hydrogen-bond donors (Lipinski definition) is 0. The van der Waals surface area contributed by atoms with Gasteiger partial charge in [-0.2, -0.15) is 0 Å². The van der Waals surface area contributed by atoms with Crippen LogP contribution >= 0.6 is 0 Å². The van der Waals surface area contributed by atoms with E-state index in [1.165, 1.54) is 7.11 Å². The number of piperazine rings is 1. The first-order chi connectivity index (χ1) is 15.9. The Labute approximate surface area is 194 Å². The molecule has 2 heterocycles. The van der Waals surface area contributed by atoms with Crippen LogP contribution in [0.1, 0.15) is 33.4 Å². The van der Waals surface area contributed by atoms with Crippen molar-refractivity contribution in [3.63, 3.8) is 0 Å². The molecular weight excluding hydrogens is 422 g/mol. The van der Waals surface area contributed by atoms with Gasteiger partial charge in [0.05, 0.1) is 33.3 Å². The highest BCUT2D eigenvalue weighted by atomic mass is 16.5. The molecule has 0 unspecified atom stereocenters. The molecule has 0 aliphatic carbocycles. The van der Waals surface area contributed by atoms with Crippen LogP contribution in [0.5, 0.6) is 17.2 Å². The van der Waals surface area contributed by atoms with E-state index in [2.05, 4.69) is 11.9 Å². The summed E-state index contributed by atoms with van der Waals surface area (Å²) >= 11 is 0. The lowest BCUT2D eigenvalue weighted by Gasteiger charge is -2.43. The minimum Gasteiger partial charge on any atom is -0.497 e. The van der Waals surface area contributed by atoms with E-state index in [0.29, 0.717) is 35.7 Å². The molecule has 2 amide bonds. The quantitative estimate of drug-likeness (QED) is 0.693. The summed E-state index contributed by atoms with van der Waals surface area (Å²) in [7, 11) is 8.51. The standard InChI is InChI=1S/C25H31N3O5/c1-26-10-12-28(13-11-26)25(30)22-18-14-20(32-4)21(33-5)15-19(18)24(29)27(2)23(22)16-6-8-17(31-3)9-7-16/h6-9,14-15,22-23H,10-13H2,1-5H3/t22-,23-/m1/s1. The third kappa shape index (κ3) is 4.11. The van der Waals surface area contributed by atoms with Gasteiger partial charge in [0.2, 0.25) is 5.91 Å². The highest BCUT2D eigenvalue weighted by molar-refractivity contribution is 6.02. The number of likely N-dealkylation sites (N-methyl/N-ethyl adjacent to an activating group) is 2. The topological polar surface area (TPSA) is 71.5 Å². The van der Waals surface area contributed by atoms with E-state index >= 15 is 0 Å². The number of ether oxygens (including phenoxy) is 3. The van der Waals surface area contributed by atoms with Crippen LogP contribution in [0.15, 0.2) is 36.4 Å². The van der Waals surface area contributed by atoms with E-state index in [9.17, 15) is 9.59 Å². The van der Waals surface area contributed by atoms with Crippen molar-refractivity contribution in [2.45, 2.75) is 12.0 Å². The SMILES string of the molecule is COc1ccc([C@@H]2[C@H](C(=O)N3CCN(C)CC3)c3cc(OC)c(OC)cc3C(=O)N2C)cc1. The molecule has 176 valence electrons. The highest BCUT2D eigenvalue weighted by Crippen LogP contribution is 2.46. The molecule has 8 nitrogen and oxygen atoms in total. The van der Waals surface area contributed by atoms with Crippen LogP contribution in [0.4, 0.5) is 0 Å². The molecule has 0 spiro atoms. The fraction of sp³-hybridized carbons (Fsp3) is 0.440. The van der Waals surface area contributed by atoms with E-state index < -0.39 is 12.0 Å². The van der Waals surface area contributed by atoms with Crippen LogP contribution < -0.4 is 14.2 Å². The van der Waals surface area contributed by atoms with Crippen LogP contribution in [0.2, 0.25) is 0 Å². The fourth-order valence-corrected chi connectivity index (χ4v) is 4.76. The van der Waals surface area contributed by atoms with Crippen molar-refractivity contribution in [1.82, 2.24) is 14.7 Å². The number of fused-ring (bicyclic) bond motifs is 1. The largest absolute Gasteiger partial charge is 0.497 e. The van der Waals surface area contributed by atoms with Crippen molar-refractivity contribution in [3.8, 4) is 17.2 Å². The second-order valence-corrected chi connectivity index (χ2v) is 8.53. The molecule has 2 atom stereocenters. The smallest absolute Gasteiger partial charge is 0.254 e. The minimum atomic E-state index is -0.570. The van der Waals surface area contributed by atoms with Gasteiger partial charge in [0.25, 0.3) is 5.91 Å². The van der Waals surface area contributed by atoms with Crippen molar-refractivity contribution >= 4 is 11.8 Å². The number of rotatable bonds is 5. The second kappa shape index (κ2) is 9.31. The summed E-state index contributed by atoms with van der Waals surface area (Å²) in [4.78, 5) is 33.2. The van der Waals surface area contributed by atoms with Gasteiger partial charge in [-0.1, -0.05) is 12.1 Å². The monoisotopic (exact) mass is 453 g/mol. The predicted octanol–water partition coefficient (Wildman–Crippen LogP) is 2.40. The van der Waals surface area contributed by atoms with Gasteiger partial charge < -0.3 is 28.9 Å². The molecule has 2 aliphatic rings. The van der Waals surface area contributed by atoms with Gasteiger partial charge in [-0.3, -0.25) is 9.59 Å². The summed E-state index contributed by atoms with van der Waals surface area (Å²) in [6.07, 6.45) is 0. The molecule has 0 aromatic heterocycles. The molecule has 2 aliphatic heterocycles. The van der Waals surface area contributed by atoms with Gasteiger partial charge in [-0.15, -0.1) is 0 Å². The van der Waals surface area contributed by atoms with Crippen molar-refractivity contribution < 1.29 is 23.8 Å². The van der Waals surface area contributed by atoms with Crippen LogP contribution in [0, 0.1) is 0 Å². The zero-order chi connectivity index (χ0) is 23.7. The second-order valence-electron chi connectivity index (χ2n) is 8.53. The maximum absolute atomic E-state index is 14.0. The van der Waals surface area contributed by atoms with Gasteiger partial charge in [-0.25, -0.2) is 0 Å². The van der Waals surface area contributed by atoms with E-state index in [4.69, 9.17) is 14.2 Å². The molecular formula is C25H31N3O5. The normalized spacial score (nSPS) is 20.9. The van der Waals surface area contributed by atoms with Crippen LogP contribution in [-0.2, 0) is 4.79 Å². The lowest BCUT2D eigenvalue weighted by Crippen LogP contribution is -2.52. The lowest BCUT2D eigenvalue weighted by molar-refractivity contribution is -0.136. The number of nitrogens with zero attached hydrogens (tertiary/aromatic N) is 3. The van der Waals surface area contributed by atoms with Gasteiger partial charge >= 0.3 is 0 Å². The molecule has 2 aromatic carbocycles. The summed E-state index contributed by atoms with van der Waals surface area (Å²) in [5.74, 6) is 0.965. The third-order valence-electron chi connectivity index (χ3n) is 6.71. The van der Waals surface area contributed by atoms with E-state index in [0.717, 1.165) is 24.4 Å². The van der Waals surface area contributed by atoms with E-state index in [1.807, 2.05) is 29.2 Å². The van der Waals surface area contributed by atoms with Crippen molar-refractivity contribution in [3.05, 3.63) is 53.1 Å². The van der Waals surface area contributed by atoms with E-state index in [1.54, 1.807) is 38.3 Å². The first-order valence-corrected chi connectivity index (χ1v) is 11.0. The number of carbonyl (C=O) groups excluding carboxylic acids is 2. The summed E-state index contributed by atoms with van der Waals surface area (Å²) in [5.41, 5.74) is 2.01. The summed E-state index contributed by atoms with van der Waals surface area (Å²) in [6, 6.07) is 10.6. The first kappa shape index (κ1) is 22.9. The molecule has 8 heteroatoms. The first-order valence-electron chi connectivity index (χ1n) is 11.0. The average molecular weight is 454 g/mol. The number of amides is 2. The molecule has 0 radical (unpaired) electrons. The summed E-state index contributed by atoms with van der Waals surface area (Å²) in [5, 5.41) is 0. The van der Waals surface area contributed by atoms with Crippen LogP contribution in [0.25, 0.3) is 0 Å². The van der Waals surface area contributed by atoms with E-state index in [-0.39, 0.29) is 11.8 Å². The molecule has 0 bridgehead atoms. The summed E-state index contributed by atoms with van der Waals surface area (Å²) in [6.45, 7) is 2.95. The Kier molecular flexibility index (Phi) is 6.47. The van der Waals surface area contributed by atoms with Crippen molar-refractivity contribution in [2.24, 2.45) is 0 Å². The number of benzene rings is 2. The van der Waals surface area contributed by atoms with Gasteiger partial charge in [0.1, 0.15) is 5.75 Å². The third-order valence-corrected chi connectivity index (χ3v) is 6.71. The van der Waals surface area contributed by atoms with Crippen molar-refractivity contribution in [2.75, 3.05) is 61.6 Å². The number of methoxy groups -OCH3 is 3. The minimum absolute atomic E-state index is 0.0109. The summed E-state index contributed by atoms with van der Waals surface area (Å²) < 4.78 is 16.3. The van der Waals surface area contributed by atoms with Crippen LogP contribution in [0.3, 0.4) is 0 Å². The Hall–Kier alpha value is -3.26. The predicted molar refractivity (Wildman–Crippen MR) is 124 cm³/mol. The zero-order valence-corrected chi connectivity index (χ0v) is 19.8. The maximum atomic E-state index is 14.0. The Bertz CT molecular complexity index is 1030. The average Bonchev–Trinajstić information content (AvgIpc) is 2.85. The van der Waals surface area contributed by atoms with Gasteiger partial charge in [0, 0.05) is 38.8 Å². The Balaban J connectivity index is 1.86. The zero-order valence-electron chi connectivity index (χ0n) is 19.8. The molecule has 1 fully saturated rings. The maximum Gasteiger partial charge on any atom is 0.254 e. The van der Waals surface area contributed by atoms with Gasteiger partial charge in [0.15, 0.2) is 11.5 Å². The number of hydrogen-bond acceptors (Lipinski definition) is 6. The van der Waals surface area contributed by atoms with Crippen molar-refractivity contribution in [1.29, 1.82) is 0 Å². The number of carbonyl (C=O) groups is 2. The molecule has 4 rings (SSSR count). The van der Waals surface area contributed by atoms with Crippen LogP contribution in [-0.4, -0.2) is 88.1 Å². The molecule has 1 saturated heterocycles.